The van der Waals surface area contributed by atoms with E-state index < -0.39 is 5.60 Å². The third-order valence-electron chi connectivity index (χ3n) is 3.94. The minimum absolute atomic E-state index is 0.284. The van der Waals surface area contributed by atoms with E-state index in [2.05, 4.69) is 18.7 Å². The Morgan fingerprint density at radius 2 is 1.94 bits per heavy atom. The number of piperidine rings is 1. The number of ether oxygens (including phenoxy) is 1. The summed E-state index contributed by atoms with van der Waals surface area (Å²) in [7, 11) is 1.39. The monoisotopic (exact) mass is 243 g/mol. The zero-order valence-corrected chi connectivity index (χ0v) is 11.4. The van der Waals surface area contributed by atoms with Gasteiger partial charge in [-0.3, -0.25) is 4.79 Å². The van der Waals surface area contributed by atoms with Gasteiger partial charge in [-0.15, -0.1) is 0 Å². The van der Waals surface area contributed by atoms with E-state index in [1.165, 1.54) is 7.11 Å². The summed E-state index contributed by atoms with van der Waals surface area (Å²) in [5.74, 6) is -0.671. The maximum absolute atomic E-state index is 11.7. The number of nitrogens with zero attached hydrogens (tertiary/aromatic N) is 1. The van der Waals surface area contributed by atoms with E-state index >= 15 is 0 Å². The lowest BCUT2D eigenvalue weighted by molar-refractivity contribution is -0.160. The molecule has 1 aliphatic rings. The summed E-state index contributed by atoms with van der Waals surface area (Å²) in [5.41, 5.74) is -0.882. The minimum Gasteiger partial charge on any atom is -0.469 e. The Labute approximate surface area is 104 Å². The van der Waals surface area contributed by atoms with Gasteiger partial charge >= 0.3 is 5.97 Å². The van der Waals surface area contributed by atoms with Gasteiger partial charge in [0.2, 0.25) is 0 Å². The molecule has 0 aromatic heterocycles. The number of aliphatic hydroxyl groups is 1. The van der Waals surface area contributed by atoms with E-state index in [-0.39, 0.29) is 11.9 Å². The molecule has 0 aromatic rings. The van der Waals surface area contributed by atoms with Crippen LogP contribution >= 0.6 is 0 Å². The second-order valence-corrected chi connectivity index (χ2v) is 5.22. The molecule has 0 aromatic carbocycles. The van der Waals surface area contributed by atoms with Crippen LogP contribution < -0.4 is 0 Å². The fraction of sp³-hybridized carbons (Fsp3) is 0.923. The first-order chi connectivity index (χ1) is 7.94. The Bertz CT molecular complexity index is 257. The number of carbonyl (C=O) groups excluding carboxylic acids is 1. The Balaban J connectivity index is 2.67. The Kier molecular flexibility index (Phi) is 4.95. The number of hydrogen-bond donors (Lipinski definition) is 1. The topological polar surface area (TPSA) is 49.8 Å². The highest BCUT2D eigenvalue weighted by Gasteiger charge is 2.43. The molecule has 1 N–H and O–H groups in total. The van der Waals surface area contributed by atoms with Gasteiger partial charge in [0.05, 0.1) is 18.6 Å². The largest absolute Gasteiger partial charge is 0.469 e. The standard InChI is InChI=1S/C13H25NO3/c1-5-11(12(15)17-4)13(16)6-8-14(9-7-13)10(2)3/h10-11,16H,5-9H2,1-4H3. The van der Waals surface area contributed by atoms with Crippen LogP contribution in [0.2, 0.25) is 0 Å². The van der Waals surface area contributed by atoms with E-state index in [4.69, 9.17) is 4.74 Å². The van der Waals surface area contributed by atoms with Crippen LogP contribution in [0.4, 0.5) is 0 Å². The summed E-state index contributed by atoms with van der Waals surface area (Å²) in [4.78, 5) is 14.0. The van der Waals surface area contributed by atoms with Gasteiger partial charge in [0.25, 0.3) is 0 Å². The second-order valence-electron chi connectivity index (χ2n) is 5.22. The molecular weight excluding hydrogens is 218 g/mol. The van der Waals surface area contributed by atoms with Crippen molar-refractivity contribution in [1.29, 1.82) is 0 Å². The number of carbonyl (C=O) groups is 1. The average Bonchev–Trinajstić information content (AvgIpc) is 2.29. The van der Waals surface area contributed by atoms with Gasteiger partial charge in [-0.25, -0.2) is 0 Å². The van der Waals surface area contributed by atoms with E-state index in [1.807, 2.05) is 6.92 Å². The number of methoxy groups -OCH3 is 1. The van der Waals surface area contributed by atoms with E-state index in [0.29, 0.717) is 25.3 Å². The molecule has 0 saturated carbocycles. The van der Waals surface area contributed by atoms with E-state index in [1.54, 1.807) is 0 Å². The maximum atomic E-state index is 11.7. The van der Waals surface area contributed by atoms with Crippen molar-refractivity contribution in [2.24, 2.45) is 5.92 Å². The molecule has 0 aliphatic carbocycles. The summed E-state index contributed by atoms with van der Waals surface area (Å²) in [6, 6.07) is 0.498. The highest BCUT2D eigenvalue weighted by atomic mass is 16.5. The van der Waals surface area contributed by atoms with Gasteiger partial charge in [-0.1, -0.05) is 6.92 Å². The van der Waals surface area contributed by atoms with Crippen LogP contribution in [0.5, 0.6) is 0 Å². The van der Waals surface area contributed by atoms with Crippen LogP contribution in [0, 0.1) is 5.92 Å². The maximum Gasteiger partial charge on any atom is 0.311 e. The third kappa shape index (κ3) is 3.19. The molecule has 1 unspecified atom stereocenters. The zero-order chi connectivity index (χ0) is 13.1. The third-order valence-corrected chi connectivity index (χ3v) is 3.94. The number of esters is 1. The number of hydrogen-bond acceptors (Lipinski definition) is 4. The van der Waals surface area contributed by atoms with Crippen molar-refractivity contribution in [3.8, 4) is 0 Å². The molecule has 0 amide bonds. The average molecular weight is 243 g/mol. The fourth-order valence-electron chi connectivity index (χ4n) is 2.68. The summed E-state index contributed by atoms with van der Waals surface area (Å²) in [6.45, 7) is 7.93. The molecule has 17 heavy (non-hydrogen) atoms. The summed E-state index contributed by atoms with van der Waals surface area (Å²) < 4.78 is 4.78. The molecule has 4 heteroatoms. The molecule has 0 radical (unpaired) electrons. The van der Waals surface area contributed by atoms with Crippen molar-refractivity contribution in [3.05, 3.63) is 0 Å². The fourth-order valence-corrected chi connectivity index (χ4v) is 2.68. The first-order valence-corrected chi connectivity index (χ1v) is 6.49. The van der Waals surface area contributed by atoms with Crippen molar-refractivity contribution in [3.63, 3.8) is 0 Å². The van der Waals surface area contributed by atoms with Crippen molar-refractivity contribution in [2.45, 2.75) is 51.7 Å². The van der Waals surface area contributed by atoms with Crippen LogP contribution in [-0.2, 0) is 9.53 Å². The molecule has 1 atom stereocenters. The lowest BCUT2D eigenvalue weighted by Gasteiger charge is -2.42. The predicted molar refractivity (Wildman–Crippen MR) is 66.7 cm³/mol. The van der Waals surface area contributed by atoms with Crippen LogP contribution in [0.1, 0.15) is 40.0 Å². The first kappa shape index (κ1) is 14.5. The molecule has 1 aliphatic heterocycles. The van der Waals surface area contributed by atoms with Gasteiger partial charge in [0.15, 0.2) is 0 Å². The Morgan fingerprint density at radius 3 is 2.29 bits per heavy atom. The smallest absolute Gasteiger partial charge is 0.311 e. The van der Waals surface area contributed by atoms with Crippen LogP contribution in [0.3, 0.4) is 0 Å². The van der Waals surface area contributed by atoms with E-state index in [0.717, 1.165) is 13.1 Å². The molecule has 4 nitrogen and oxygen atoms in total. The van der Waals surface area contributed by atoms with Crippen molar-refractivity contribution in [2.75, 3.05) is 20.2 Å². The normalized spacial score (nSPS) is 22.5. The summed E-state index contributed by atoms with van der Waals surface area (Å²) in [5, 5.41) is 10.6. The highest BCUT2D eigenvalue weighted by Crippen LogP contribution is 2.33. The van der Waals surface area contributed by atoms with E-state index in [9.17, 15) is 9.90 Å². The number of likely N-dealkylation sites (tertiary alicyclic amines) is 1. The van der Waals surface area contributed by atoms with Crippen LogP contribution in [0.25, 0.3) is 0 Å². The molecule has 100 valence electrons. The SMILES string of the molecule is CCC(C(=O)OC)C1(O)CCN(C(C)C)CC1. The minimum atomic E-state index is -0.882. The van der Waals surface area contributed by atoms with Gasteiger partial charge in [0, 0.05) is 19.1 Å². The van der Waals surface area contributed by atoms with Crippen molar-refractivity contribution in [1.82, 2.24) is 4.90 Å². The highest BCUT2D eigenvalue weighted by molar-refractivity contribution is 5.73. The molecule has 1 rings (SSSR count). The molecule has 1 saturated heterocycles. The molecule has 0 spiro atoms. The van der Waals surface area contributed by atoms with Gasteiger partial charge in [-0.2, -0.15) is 0 Å². The molecule has 1 fully saturated rings. The lowest BCUT2D eigenvalue weighted by atomic mass is 9.78. The van der Waals surface area contributed by atoms with Crippen LogP contribution in [-0.4, -0.2) is 47.8 Å². The molecular formula is C13H25NO3. The van der Waals surface area contributed by atoms with Crippen LogP contribution in [0.15, 0.2) is 0 Å². The van der Waals surface area contributed by atoms with Gasteiger partial charge in [0.1, 0.15) is 0 Å². The predicted octanol–water partition coefficient (Wildman–Crippen LogP) is 1.42. The number of rotatable bonds is 4. The molecule has 0 bridgehead atoms. The quantitative estimate of drug-likeness (QED) is 0.759. The van der Waals surface area contributed by atoms with Crippen molar-refractivity contribution >= 4 is 5.97 Å². The molecule has 1 heterocycles. The zero-order valence-electron chi connectivity index (χ0n) is 11.4. The lowest BCUT2D eigenvalue weighted by Crippen LogP contribution is -2.52. The second kappa shape index (κ2) is 5.83. The summed E-state index contributed by atoms with van der Waals surface area (Å²) >= 11 is 0. The first-order valence-electron chi connectivity index (χ1n) is 6.49. The van der Waals surface area contributed by atoms with Gasteiger partial charge in [-0.05, 0) is 33.1 Å². The van der Waals surface area contributed by atoms with Crippen molar-refractivity contribution < 1.29 is 14.6 Å². The Hall–Kier alpha value is -0.610. The Morgan fingerprint density at radius 1 is 1.41 bits per heavy atom. The summed E-state index contributed by atoms with van der Waals surface area (Å²) in [6.07, 6.45) is 1.93. The van der Waals surface area contributed by atoms with Gasteiger partial charge < -0.3 is 14.7 Å².